The molecule has 2 aromatic rings. The molecule has 0 aliphatic carbocycles. The molecule has 0 fully saturated rings. The number of hydrogen-bond donors (Lipinski definition) is 0. The van der Waals surface area contributed by atoms with Gasteiger partial charge < -0.3 is 4.74 Å². The highest BCUT2D eigenvalue weighted by Gasteiger charge is 2.22. The first-order valence-electron chi connectivity index (χ1n) is 6.66. The monoisotopic (exact) mass is 288 g/mol. The molecule has 0 aliphatic rings. The average molecular weight is 289 g/mol. The van der Waals surface area contributed by atoms with Crippen LogP contribution in [0.3, 0.4) is 0 Å². The largest absolute Gasteiger partial charge is 0.466 e. The molecule has 2 nitrogen and oxygen atoms in total. The SMILES string of the molecule is CCOC(=O)C(Cc1ccc(Cl)cc1)c1ccccc1. The molecule has 0 heterocycles. The third-order valence-corrected chi connectivity index (χ3v) is 3.38. The summed E-state index contributed by atoms with van der Waals surface area (Å²) in [7, 11) is 0. The standard InChI is InChI=1S/C17H17ClO2/c1-2-20-17(19)16(14-6-4-3-5-7-14)12-13-8-10-15(18)11-9-13/h3-11,16H,2,12H2,1H3. The smallest absolute Gasteiger partial charge is 0.313 e. The van der Waals surface area contributed by atoms with E-state index in [0.29, 0.717) is 18.1 Å². The van der Waals surface area contributed by atoms with Gasteiger partial charge in [-0.05, 0) is 36.6 Å². The van der Waals surface area contributed by atoms with Crippen molar-refractivity contribution < 1.29 is 9.53 Å². The molecule has 0 amide bonds. The lowest BCUT2D eigenvalue weighted by Crippen LogP contribution is -2.18. The van der Waals surface area contributed by atoms with Crippen molar-refractivity contribution >= 4 is 17.6 Å². The van der Waals surface area contributed by atoms with Crippen LogP contribution < -0.4 is 0 Å². The van der Waals surface area contributed by atoms with Crippen LogP contribution in [-0.2, 0) is 16.0 Å². The molecule has 0 aromatic heterocycles. The molecule has 0 saturated heterocycles. The van der Waals surface area contributed by atoms with Crippen LogP contribution in [-0.4, -0.2) is 12.6 Å². The second kappa shape index (κ2) is 7.11. The molecular weight excluding hydrogens is 272 g/mol. The zero-order valence-corrected chi connectivity index (χ0v) is 12.1. The summed E-state index contributed by atoms with van der Waals surface area (Å²) in [6.07, 6.45) is 0.611. The molecule has 0 saturated carbocycles. The number of rotatable bonds is 5. The summed E-state index contributed by atoms with van der Waals surface area (Å²) in [6, 6.07) is 17.3. The molecule has 0 bridgehead atoms. The Hall–Kier alpha value is -1.80. The van der Waals surface area contributed by atoms with Gasteiger partial charge >= 0.3 is 5.97 Å². The Morgan fingerprint density at radius 1 is 1.10 bits per heavy atom. The molecule has 2 aromatic carbocycles. The second-order valence-electron chi connectivity index (χ2n) is 4.55. The first kappa shape index (κ1) is 14.6. The topological polar surface area (TPSA) is 26.3 Å². The van der Waals surface area contributed by atoms with Crippen LogP contribution in [0.15, 0.2) is 54.6 Å². The first-order valence-corrected chi connectivity index (χ1v) is 7.04. The zero-order valence-electron chi connectivity index (χ0n) is 11.4. The van der Waals surface area contributed by atoms with Gasteiger partial charge in [-0.2, -0.15) is 0 Å². The maximum atomic E-state index is 12.2. The van der Waals surface area contributed by atoms with E-state index in [1.54, 1.807) is 0 Å². The quantitative estimate of drug-likeness (QED) is 0.770. The van der Waals surface area contributed by atoms with E-state index in [-0.39, 0.29) is 11.9 Å². The first-order chi connectivity index (χ1) is 9.70. The van der Waals surface area contributed by atoms with Crippen molar-refractivity contribution in [3.05, 3.63) is 70.7 Å². The summed E-state index contributed by atoms with van der Waals surface area (Å²) in [6.45, 7) is 2.21. The van der Waals surface area contributed by atoms with E-state index in [0.717, 1.165) is 11.1 Å². The second-order valence-corrected chi connectivity index (χ2v) is 4.98. The van der Waals surface area contributed by atoms with Crippen LogP contribution in [0, 0.1) is 0 Å². The molecule has 20 heavy (non-hydrogen) atoms. The fraction of sp³-hybridized carbons (Fsp3) is 0.235. The number of halogens is 1. The minimum Gasteiger partial charge on any atom is -0.466 e. The number of ether oxygens (including phenoxy) is 1. The predicted molar refractivity (Wildman–Crippen MR) is 81.0 cm³/mol. The molecule has 3 heteroatoms. The predicted octanol–water partition coefficient (Wildman–Crippen LogP) is 4.23. The van der Waals surface area contributed by atoms with Gasteiger partial charge in [-0.25, -0.2) is 0 Å². The van der Waals surface area contributed by atoms with E-state index in [4.69, 9.17) is 16.3 Å². The van der Waals surface area contributed by atoms with Crippen LogP contribution in [0.2, 0.25) is 5.02 Å². The van der Waals surface area contributed by atoms with E-state index < -0.39 is 0 Å². The van der Waals surface area contributed by atoms with Gasteiger partial charge in [0, 0.05) is 5.02 Å². The van der Waals surface area contributed by atoms with Crippen LogP contribution in [0.5, 0.6) is 0 Å². The minimum atomic E-state index is -0.280. The maximum absolute atomic E-state index is 12.2. The van der Waals surface area contributed by atoms with Gasteiger partial charge in [0.05, 0.1) is 12.5 Å². The molecule has 0 radical (unpaired) electrons. The van der Waals surface area contributed by atoms with Crippen LogP contribution in [0.25, 0.3) is 0 Å². The Bertz CT molecular complexity index is 549. The van der Waals surface area contributed by atoms with Crippen LogP contribution in [0.1, 0.15) is 24.0 Å². The molecular formula is C17H17ClO2. The number of carbonyl (C=O) groups excluding carboxylic acids is 1. The molecule has 0 N–H and O–H groups in total. The fourth-order valence-electron chi connectivity index (χ4n) is 2.12. The normalized spacial score (nSPS) is 11.9. The molecule has 104 valence electrons. The summed E-state index contributed by atoms with van der Waals surface area (Å²) in [5.74, 6) is -0.467. The number of carbonyl (C=O) groups is 1. The van der Waals surface area contributed by atoms with Gasteiger partial charge in [-0.15, -0.1) is 0 Å². The molecule has 2 rings (SSSR count). The number of benzene rings is 2. The Labute approximate surface area is 124 Å². The lowest BCUT2D eigenvalue weighted by Gasteiger charge is -2.16. The van der Waals surface area contributed by atoms with Crippen LogP contribution >= 0.6 is 11.6 Å². The van der Waals surface area contributed by atoms with Crippen molar-refractivity contribution in [3.63, 3.8) is 0 Å². The lowest BCUT2D eigenvalue weighted by atomic mass is 9.92. The van der Waals surface area contributed by atoms with Crippen molar-refractivity contribution in [1.29, 1.82) is 0 Å². The van der Waals surface area contributed by atoms with Crippen molar-refractivity contribution in [3.8, 4) is 0 Å². The van der Waals surface area contributed by atoms with Gasteiger partial charge in [0.25, 0.3) is 0 Å². The number of hydrogen-bond acceptors (Lipinski definition) is 2. The molecule has 0 aliphatic heterocycles. The third-order valence-electron chi connectivity index (χ3n) is 3.13. The highest BCUT2D eigenvalue weighted by Crippen LogP contribution is 2.23. The third kappa shape index (κ3) is 3.84. The highest BCUT2D eigenvalue weighted by molar-refractivity contribution is 6.30. The lowest BCUT2D eigenvalue weighted by molar-refractivity contribution is -0.144. The van der Waals surface area contributed by atoms with Gasteiger partial charge in [0.1, 0.15) is 0 Å². The summed E-state index contributed by atoms with van der Waals surface area (Å²) < 4.78 is 5.19. The maximum Gasteiger partial charge on any atom is 0.313 e. The van der Waals surface area contributed by atoms with Crippen molar-refractivity contribution in [2.45, 2.75) is 19.3 Å². The van der Waals surface area contributed by atoms with Crippen molar-refractivity contribution in [1.82, 2.24) is 0 Å². The fourth-order valence-corrected chi connectivity index (χ4v) is 2.25. The van der Waals surface area contributed by atoms with Crippen molar-refractivity contribution in [2.24, 2.45) is 0 Å². The van der Waals surface area contributed by atoms with Crippen molar-refractivity contribution in [2.75, 3.05) is 6.61 Å². The van der Waals surface area contributed by atoms with E-state index in [9.17, 15) is 4.79 Å². The Kier molecular flexibility index (Phi) is 5.19. The Morgan fingerprint density at radius 2 is 1.75 bits per heavy atom. The summed E-state index contributed by atoms with van der Waals surface area (Å²) in [5.41, 5.74) is 2.04. The molecule has 1 atom stereocenters. The van der Waals surface area contributed by atoms with Gasteiger partial charge in [-0.1, -0.05) is 54.1 Å². The number of esters is 1. The molecule has 1 unspecified atom stereocenters. The minimum absolute atomic E-state index is 0.186. The van der Waals surface area contributed by atoms with E-state index in [1.807, 2.05) is 61.5 Å². The summed E-state index contributed by atoms with van der Waals surface area (Å²) in [4.78, 5) is 12.2. The molecule has 0 spiro atoms. The van der Waals surface area contributed by atoms with Gasteiger partial charge in [0.15, 0.2) is 0 Å². The highest BCUT2D eigenvalue weighted by atomic mass is 35.5. The van der Waals surface area contributed by atoms with E-state index in [2.05, 4.69) is 0 Å². The average Bonchev–Trinajstić information content (AvgIpc) is 2.48. The van der Waals surface area contributed by atoms with E-state index >= 15 is 0 Å². The zero-order chi connectivity index (χ0) is 14.4. The summed E-state index contributed by atoms with van der Waals surface area (Å²) in [5, 5.41) is 0.696. The van der Waals surface area contributed by atoms with Gasteiger partial charge in [-0.3, -0.25) is 4.79 Å². The van der Waals surface area contributed by atoms with Crippen LogP contribution in [0.4, 0.5) is 0 Å². The van der Waals surface area contributed by atoms with E-state index in [1.165, 1.54) is 0 Å². The van der Waals surface area contributed by atoms with Gasteiger partial charge in [0.2, 0.25) is 0 Å². The Morgan fingerprint density at radius 3 is 2.35 bits per heavy atom. The summed E-state index contributed by atoms with van der Waals surface area (Å²) >= 11 is 5.89. The Balaban J connectivity index is 2.23.